The highest BCUT2D eigenvalue weighted by molar-refractivity contribution is 6.30. The van der Waals surface area contributed by atoms with Gasteiger partial charge in [-0.3, -0.25) is 9.97 Å². The Hall–Kier alpha value is -1.61. The van der Waals surface area contributed by atoms with Crippen molar-refractivity contribution in [2.24, 2.45) is 0 Å². The first-order valence-corrected chi connectivity index (χ1v) is 5.92. The van der Waals surface area contributed by atoms with Gasteiger partial charge in [0.15, 0.2) is 0 Å². The molecule has 0 saturated heterocycles. The minimum absolute atomic E-state index is 0.131. The van der Waals surface area contributed by atoms with Crippen molar-refractivity contribution in [2.75, 3.05) is 0 Å². The first kappa shape index (κ1) is 10.5. The maximum absolute atomic E-state index is 9.78. The summed E-state index contributed by atoms with van der Waals surface area (Å²) in [6, 6.07) is 4.99. The van der Waals surface area contributed by atoms with Crippen molar-refractivity contribution in [3.63, 3.8) is 0 Å². The number of phenolic OH excluding ortho intramolecular Hbond substituents is 1. The number of benzene rings is 1. The molecule has 0 aliphatic heterocycles. The molecule has 1 aromatic heterocycles. The van der Waals surface area contributed by atoms with E-state index in [1.54, 1.807) is 24.5 Å². The van der Waals surface area contributed by atoms with E-state index in [-0.39, 0.29) is 5.75 Å². The molecular weight excluding hydrogens is 236 g/mol. The summed E-state index contributed by atoms with van der Waals surface area (Å²) in [6.07, 6.45) is 5.91. The molecule has 0 amide bonds. The van der Waals surface area contributed by atoms with Crippen LogP contribution in [0.4, 0.5) is 0 Å². The van der Waals surface area contributed by atoms with E-state index < -0.39 is 0 Å². The Morgan fingerprint density at radius 1 is 1.18 bits per heavy atom. The summed E-state index contributed by atoms with van der Waals surface area (Å²) in [6.45, 7) is 0. The Kier molecular flexibility index (Phi) is 2.48. The molecule has 0 radical (unpaired) electrons. The maximum Gasteiger partial charge on any atom is 0.126 e. The molecule has 0 spiro atoms. The Balaban J connectivity index is 1.97. The molecule has 0 unspecified atom stereocenters. The number of aromatic hydroxyl groups is 1. The highest BCUT2D eigenvalue weighted by Gasteiger charge is 2.25. The Morgan fingerprint density at radius 3 is 2.59 bits per heavy atom. The van der Waals surface area contributed by atoms with E-state index in [9.17, 15) is 5.11 Å². The second-order valence-electron chi connectivity index (χ2n) is 4.26. The molecule has 1 aromatic carbocycles. The van der Waals surface area contributed by atoms with E-state index in [2.05, 4.69) is 9.97 Å². The van der Waals surface area contributed by atoms with Crippen LogP contribution in [-0.2, 0) is 0 Å². The monoisotopic (exact) mass is 246 g/mol. The van der Waals surface area contributed by atoms with Crippen LogP contribution in [0.25, 0.3) is 11.3 Å². The Morgan fingerprint density at radius 2 is 2.00 bits per heavy atom. The highest BCUT2D eigenvalue weighted by atomic mass is 35.5. The number of hydrogen-bond acceptors (Lipinski definition) is 3. The van der Waals surface area contributed by atoms with Gasteiger partial charge in [0.05, 0.1) is 17.6 Å². The third kappa shape index (κ3) is 2.11. The minimum Gasteiger partial charge on any atom is -0.507 e. The van der Waals surface area contributed by atoms with Gasteiger partial charge in [-0.15, -0.1) is 0 Å². The van der Waals surface area contributed by atoms with Gasteiger partial charge in [0.25, 0.3) is 0 Å². The van der Waals surface area contributed by atoms with E-state index in [1.165, 1.54) is 18.9 Å². The Bertz CT molecular complexity index is 550. The average molecular weight is 247 g/mol. The Labute approximate surface area is 104 Å². The molecule has 17 heavy (non-hydrogen) atoms. The third-order valence-corrected chi connectivity index (χ3v) is 3.14. The van der Waals surface area contributed by atoms with Crippen molar-refractivity contribution in [1.29, 1.82) is 0 Å². The number of phenols is 1. The van der Waals surface area contributed by atoms with Gasteiger partial charge in [-0.2, -0.15) is 0 Å². The molecule has 1 N–H and O–H groups in total. The molecular formula is C13H11ClN2O. The van der Waals surface area contributed by atoms with Crippen LogP contribution in [-0.4, -0.2) is 15.1 Å². The van der Waals surface area contributed by atoms with Crippen LogP contribution < -0.4 is 0 Å². The summed E-state index contributed by atoms with van der Waals surface area (Å²) >= 11 is 5.78. The maximum atomic E-state index is 9.78. The first-order chi connectivity index (χ1) is 8.24. The highest BCUT2D eigenvalue weighted by Crippen LogP contribution is 2.39. The second kappa shape index (κ2) is 4.00. The van der Waals surface area contributed by atoms with E-state index in [4.69, 9.17) is 11.6 Å². The fourth-order valence-corrected chi connectivity index (χ4v) is 1.95. The van der Waals surface area contributed by atoms with Gasteiger partial charge >= 0.3 is 0 Å². The molecule has 0 atom stereocenters. The van der Waals surface area contributed by atoms with Gasteiger partial charge in [0.2, 0.25) is 0 Å². The number of hydrogen-bond donors (Lipinski definition) is 1. The predicted molar refractivity (Wildman–Crippen MR) is 66.1 cm³/mol. The van der Waals surface area contributed by atoms with Crippen molar-refractivity contribution in [1.82, 2.24) is 9.97 Å². The summed E-state index contributed by atoms with van der Waals surface area (Å²) in [5.74, 6) is 0.723. The quantitative estimate of drug-likeness (QED) is 0.884. The van der Waals surface area contributed by atoms with Crippen LogP contribution in [0.15, 0.2) is 30.6 Å². The van der Waals surface area contributed by atoms with Crippen LogP contribution in [0, 0.1) is 0 Å². The lowest BCUT2D eigenvalue weighted by Gasteiger charge is -2.04. The lowest BCUT2D eigenvalue weighted by Crippen LogP contribution is -1.91. The van der Waals surface area contributed by atoms with Crippen molar-refractivity contribution < 1.29 is 5.11 Å². The molecule has 0 bridgehead atoms. The summed E-state index contributed by atoms with van der Waals surface area (Å²) in [7, 11) is 0. The largest absolute Gasteiger partial charge is 0.507 e. The van der Waals surface area contributed by atoms with Crippen molar-refractivity contribution in [3.05, 3.63) is 41.3 Å². The number of aromatic nitrogens is 2. The lowest BCUT2D eigenvalue weighted by molar-refractivity contribution is 0.477. The van der Waals surface area contributed by atoms with Gasteiger partial charge in [-0.05, 0) is 31.0 Å². The normalized spacial score (nSPS) is 14.9. The van der Waals surface area contributed by atoms with Crippen LogP contribution in [0.3, 0.4) is 0 Å². The summed E-state index contributed by atoms with van der Waals surface area (Å²) < 4.78 is 0. The number of nitrogens with zero attached hydrogens (tertiary/aromatic N) is 2. The molecule has 3 nitrogen and oxygen atoms in total. The van der Waals surface area contributed by atoms with Crippen molar-refractivity contribution >= 4 is 11.6 Å². The van der Waals surface area contributed by atoms with Gasteiger partial charge in [-0.25, -0.2) is 0 Å². The van der Waals surface area contributed by atoms with Gasteiger partial charge in [0.1, 0.15) is 5.75 Å². The fourth-order valence-electron chi connectivity index (χ4n) is 1.79. The zero-order valence-electron chi connectivity index (χ0n) is 9.10. The number of halogens is 1. The smallest absolute Gasteiger partial charge is 0.126 e. The number of rotatable bonds is 2. The van der Waals surface area contributed by atoms with Gasteiger partial charge in [0, 0.05) is 22.7 Å². The summed E-state index contributed by atoms with van der Waals surface area (Å²) in [4.78, 5) is 8.71. The molecule has 3 rings (SSSR count). The van der Waals surface area contributed by atoms with Gasteiger partial charge in [-0.1, -0.05) is 11.6 Å². The molecule has 1 aliphatic rings. The zero-order valence-corrected chi connectivity index (χ0v) is 9.85. The lowest BCUT2D eigenvalue weighted by atomic mass is 10.1. The fraction of sp³-hybridized carbons (Fsp3) is 0.231. The molecule has 1 aliphatic carbocycles. The second-order valence-corrected chi connectivity index (χ2v) is 4.70. The molecule has 1 heterocycles. The van der Waals surface area contributed by atoms with Crippen LogP contribution in [0.5, 0.6) is 5.75 Å². The SMILES string of the molecule is Oc1cc(Cl)ccc1-c1cnc(C2CC2)cn1. The molecule has 1 saturated carbocycles. The van der Waals surface area contributed by atoms with E-state index in [1.807, 2.05) is 0 Å². The molecule has 1 fully saturated rings. The van der Waals surface area contributed by atoms with E-state index >= 15 is 0 Å². The van der Waals surface area contributed by atoms with Crippen molar-refractivity contribution in [2.45, 2.75) is 18.8 Å². The van der Waals surface area contributed by atoms with E-state index in [0.717, 1.165) is 5.69 Å². The summed E-state index contributed by atoms with van der Waals surface area (Å²) in [5.41, 5.74) is 2.37. The summed E-state index contributed by atoms with van der Waals surface area (Å²) in [5, 5.41) is 10.3. The van der Waals surface area contributed by atoms with Crippen LogP contribution in [0.2, 0.25) is 5.02 Å². The molecule has 4 heteroatoms. The topological polar surface area (TPSA) is 46.0 Å². The van der Waals surface area contributed by atoms with Crippen LogP contribution in [0.1, 0.15) is 24.5 Å². The van der Waals surface area contributed by atoms with Gasteiger partial charge < -0.3 is 5.11 Å². The molecule has 86 valence electrons. The average Bonchev–Trinajstić information content (AvgIpc) is 3.13. The standard InChI is InChI=1S/C13H11ClN2O/c14-9-3-4-10(13(17)5-9)12-7-15-11(6-16-12)8-1-2-8/h3-8,17H,1-2H2. The zero-order chi connectivity index (χ0) is 11.8. The minimum atomic E-state index is 0.131. The van der Waals surface area contributed by atoms with Crippen molar-refractivity contribution in [3.8, 4) is 17.0 Å². The third-order valence-electron chi connectivity index (χ3n) is 2.90. The first-order valence-electron chi connectivity index (χ1n) is 5.55. The predicted octanol–water partition coefficient (Wildman–Crippen LogP) is 3.38. The molecule has 2 aromatic rings. The van der Waals surface area contributed by atoms with Crippen LogP contribution >= 0.6 is 11.6 Å². The van der Waals surface area contributed by atoms with E-state index in [0.29, 0.717) is 22.2 Å².